The highest BCUT2D eigenvalue weighted by atomic mass is 16.2. The standard InChI is InChI=1S/C24H22N2O4/c1-11-5-7-15(12(2)9-11)16-8-6-14(10-13(16)3)26-23(29)19-17-18(20(19)24(26)30)22(28)25(4)21(17)27/h5-10,17-20H,1-4H3. The number of aryl methyl sites for hydroxylation is 3. The van der Waals surface area contributed by atoms with Gasteiger partial charge < -0.3 is 0 Å². The summed E-state index contributed by atoms with van der Waals surface area (Å²) in [6, 6.07) is 11.8. The maximum atomic E-state index is 13.1. The first-order chi connectivity index (χ1) is 14.2. The van der Waals surface area contributed by atoms with Crippen molar-refractivity contribution in [3.05, 3.63) is 53.1 Å². The van der Waals surface area contributed by atoms with Gasteiger partial charge in [-0.25, -0.2) is 0 Å². The summed E-state index contributed by atoms with van der Waals surface area (Å²) in [5, 5.41) is 0. The lowest BCUT2D eigenvalue weighted by Crippen LogP contribution is -2.50. The second kappa shape index (κ2) is 6.11. The summed E-state index contributed by atoms with van der Waals surface area (Å²) in [6.07, 6.45) is 0. The summed E-state index contributed by atoms with van der Waals surface area (Å²) in [6.45, 7) is 6.06. The first kappa shape index (κ1) is 18.7. The van der Waals surface area contributed by atoms with Gasteiger partial charge in [0.1, 0.15) is 0 Å². The van der Waals surface area contributed by atoms with Gasteiger partial charge in [-0.3, -0.25) is 29.0 Å². The third-order valence-electron chi connectivity index (χ3n) is 6.93. The van der Waals surface area contributed by atoms with E-state index in [2.05, 4.69) is 25.1 Å². The third-order valence-corrected chi connectivity index (χ3v) is 6.93. The molecule has 0 bridgehead atoms. The monoisotopic (exact) mass is 402 g/mol. The van der Waals surface area contributed by atoms with E-state index >= 15 is 0 Å². The van der Waals surface area contributed by atoms with Crippen molar-refractivity contribution in [1.29, 1.82) is 0 Å². The zero-order chi connectivity index (χ0) is 21.5. The van der Waals surface area contributed by atoms with Gasteiger partial charge in [0.15, 0.2) is 0 Å². The molecule has 6 nitrogen and oxygen atoms in total. The van der Waals surface area contributed by atoms with E-state index in [0.29, 0.717) is 5.69 Å². The fraction of sp³-hybridized carbons (Fsp3) is 0.333. The minimum Gasteiger partial charge on any atom is -0.285 e. The molecule has 0 aromatic heterocycles. The van der Waals surface area contributed by atoms with Crippen LogP contribution in [0.2, 0.25) is 0 Å². The summed E-state index contributed by atoms with van der Waals surface area (Å²) in [5.74, 6) is -4.27. The predicted molar refractivity (Wildman–Crippen MR) is 110 cm³/mol. The number of rotatable bonds is 2. The summed E-state index contributed by atoms with van der Waals surface area (Å²) in [5.41, 5.74) is 5.95. The molecule has 2 heterocycles. The van der Waals surface area contributed by atoms with Crippen LogP contribution in [0.1, 0.15) is 16.7 Å². The van der Waals surface area contributed by atoms with Crippen molar-refractivity contribution in [2.45, 2.75) is 20.8 Å². The van der Waals surface area contributed by atoms with E-state index in [1.807, 2.05) is 26.0 Å². The summed E-state index contributed by atoms with van der Waals surface area (Å²) >= 11 is 0. The van der Waals surface area contributed by atoms with Crippen molar-refractivity contribution in [2.75, 3.05) is 11.9 Å². The van der Waals surface area contributed by atoms with E-state index in [0.717, 1.165) is 27.2 Å². The first-order valence-electron chi connectivity index (χ1n) is 10.1. The highest BCUT2D eigenvalue weighted by Crippen LogP contribution is 2.56. The molecule has 6 heteroatoms. The molecule has 152 valence electrons. The Balaban J connectivity index is 1.49. The van der Waals surface area contributed by atoms with Gasteiger partial charge >= 0.3 is 0 Å². The molecule has 2 aromatic carbocycles. The smallest absolute Gasteiger partial charge is 0.238 e. The average molecular weight is 402 g/mol. The molecule has 5 rings (SSSR count). The molecule has 4 unspecified atom stereocenters. The number of nitrogens with zero attached hydrogens (tertiary/aromatic N) is 2. The molecular formula is C24H22N2O4. The Morgan fingerprint density at radius 2 is 1.10 bits per heavy atom. The molecule has 30 heavy (non-hydrogen) atoms. The van der Waals surface area contributed by atoms with Crippen LogP contribution in [-0.4, -0.2) is 35.6 Å². The second-order valence-electron chi connectivity index (χ2n) is 8.67. The lowest BCUT2D eigenvalue weighted by molar-refractivity contribution is -0.146. The molecule has 0 radical (unpaired) electrons. The van der Waals surface area contributed by atoms with E-state index < -0.39 is 23.7 Å². The van der Waals surface area contributed by atoms with Crippen molar-refractivity contribution in [3.8, 4) is 11.1 Å². The number of benzene rings is 2. The van der Waals surface area contributed by atoms with E-state index in [4.69, 9.17) is 0 Å². The van der Waals surface area contributed by atoms with Gasteiger partial charge in [0.25, 0.3) is 0 Å². The SMILES string of the molecule is Cc1ccc(-c2ccc(N3C(=O)C4C5C(=O)N(C)C(=O)C5C4C3=O)cc2C)c(C)c1. The molecule has 2 aromatic rings. The molecule has 3 fully saturated rings. The van der Waals surface area contributed by atoms with E-state index in [1.165, 1.54) is 17.5 Å². The Labute approximate surface area is 174 Å². The maximum absolute atomic E-state index is 13.1. The summed E-state index contributed by atoms with van der Waals surface area (Å²) in [4.78, 5) is 53.1. The first-order valence-corrected chi connectivity index (χ1v) is 10.1. The van der Waals surface area contributed by atoms with Gasteiger partial charge in [-0.15, -0.1) is 0 Å². The number of carbonyl (C=O) groups excluding carboxylic acids is 4. The maximum Gasteiger partial charge on any atom is 0.238 e. The Hall–Kier alpha value is -3.28. The number of imide groups is 2. The molecule has 4 amide bonds. The molecule has 0 spiro atoms. The molecule has 1 saturated carbocycles. The zero-order valence-electron chi connectivity index (χ0n) is 17.3. The average Bonchev–Trinajstić information content (AvgIpc) is 2.97. The highest BCUT2D eigenvalue weighted by Gasteiger charge is 2.73. The Morgan fingerprint density at radius 1 is 0.633 bits per heavy atom. The van der Waals surface area contributed by atoms with Crippen LogP contribution < -0.4 is 4.90 Å². The van der Waals surface area contributed by atoms with Crippen LogP contribution in [0.15, 0.2) is 36.4 Å². The molecule has 3 aliphatic rings. The van der Waals surface area contributed by atoms with Crippen LogP contribution >= 0.6 is 0 Å². The van der Waals surface area contributed by atoms with E-state index in [9.17, 15) is 19.2 Å². The Morgan fingerprint density at radius 3 is 1.60 bits per heavy atom. The van der Waals surface area contributed by atoms with Crippen LogP contribution in [0.3, 0.4) is 0 Å². The topological polar surface area (TPSA) is 74.8 Å². The lowest BCUT2D eigenvalue weighted by atomic mass is 9.59. The molecular weight excluding hydrogens is 380 g/mol. The second-order valence-corrected chi connectivity index (χ2v) is 8.67. The van der Waals surface area contributed by atoms with Crippen molar-refractivity contribution >= 4 is 29.3 Å². The number of hydrogen-bond acceptors (Lipinski definition) is 4. The quantitative estimate of drug-likeness (QED) is 0.724. The van der Waals surface area contributed by atoms with Gasteiger partial charge in [0.2, 0.25) is 23.6 Å². The Bertz CT molecular complexity index is 1130. The number of anilines is 1. The molecule has 2 saturated heterocycles. The summed E-state index contributed by atoms with van der Waals surface area (Å²) in [7, 11) is 1.42. The molecule has 0 N–H and O–H groups in total. The largest absolute Gasteiger partial charge is 0.285 e. The zero-order valence-corrected chi connectivity index (χ0v) is 17.3. The van der Waals surface area contributed by atoms with Crippen LogP contribution in [0.25, 0.3) is 11.1 Å². The van der Waals surface area contributed by atoms with Crippen molar-refractivity contribution in [1.82, 2.24) is 4.90 Å². The summed E-state index contributed by atoms with van der Waals surface area (Å²) < 4.78 is 0. The van der Waals surface area contributed by atoms with Crippen LogP contribution in [0.4, 0.5) is 5.69 Å². The third kappa shape index (κ3) is 2.24. The van der Waals surface area contributed by atoms with Gasteiger partial charge in [-0.1, -0.05) is 29.8 Å². The fourth-order valence-electron chi connectivity index (χ4n) is 5.40. The van der Waals surface area contributed by atoms with Crippen LogP contribution in [0, 0.1) is 44.4 Å². The van der Waals surface area contributed by atoms with E-state index in [1.54, 1.807) is 6.07 Å². The minimum atomic E-state index is -0.719. The molecule has 1 aliphatic carbocycles. The number of likely N-dealkylation sites (tertiary alicyclic amines) is 1. The van der Waals surface area contributed by atoms with Crippen LogP contribution in [-0.2, 0) is 19.2 Å². The van der Waals surface area contributed by atoms with Gasteiger partial charge in [-0.05, 0) is 55.2 Å². The molecule has 4 atom stereocenters. The van der Waals surface area contributed by atoms with E-state index in [-0.39, 0.29) is 23.6 Å². The number of carbonyl (C=O) groups is 4. The van der Waals surface area contributed by atoms with Crippen molar-refractivity contribution < 1.29 is 19.2 Å². The molecule has 2 aliphatic heterocycles. The van der Waals surface area contributed by atoms with Crippen LogP contribution in [0.5, 0.6) is 0 Å². The van der Waals surface area contributed by atoms with Gasteiger partial charge in [0.05, 0.1) is 29.4 Å². The fourth-order valence-corrected chi connectivity index (χ4v) is 5.40. The van der Waals surface area contributed by atoms with Gasteiger partial charge in [0, 0.05) is 7.05 Å². The predicted octanol–water partition coefficient (Wildman–Crippen LogP) is 2.63. The highest BCUT2D eigenvalue weighted by molar-refractivity contribution is 6.27. The van der Waals surface area contributed by atoms with Gasteiger partial charge in [-0.2, -0.15) is 0 Å². The minimum absolute atomic E-state index is 0.351. The van der Waals surface area contributed by atoms with Crippen molar-refractivity contribution in [2.24, 2.45) is 23.7 Å². The number of fused-ring (bicyclic) bond motifs is 4. The van der Waals surface area contributed by atoms with Crippen molar-refractivity contribution in [3.63, 3.8) is 0 Å². The Kier molecular flexibility index (Phi) is 3.81. The normalized spacial score (nSPS) is 27.5. The number of amides is 4. The lowest BCUT2D eigenvalue weighted by Gasteiger charge is -2.36. The number of hydrogen-bond donors (Lipinski definition) is 0.